The summed E-state index contributed by atoms with van der Waals surface area (Å²) in [4.78, 5) is 10.5. The lowest BCUT2D eigenvalue weighted by Crippen LogP contribution is -2.41. The first kappa shape index (κ1) is 16.1. The minimum atomic E-state index is -5.60. The fourth-order valence-electron chi connectivity index (χ4n) is 1.05. The average Bonchev–Trinajstić information content (AvgIpc) is 2.26. The van der Waals surface area contributed by atoms with E-state index in [4.69, 9.17) is 5.11 Å². The summed E-state index contributed by atoms with van der Waals surface area (Å²) >= 11 is 0. The molecule has 1 rings (SSSR count). The predicted molar refractivity (Wildman–Crippen MR) is 51.0 cm³/mol. The van der Waals surface area contributed by atoms with E-state index >= 15 is 0 Å². The van der Waals surface area contributed by atoms with Crippen LogP contribution in [0, 0.1) is 0 Å². The van der Waals surface area contributed by atoms with Gasteiger partial charge in [-0.3, -0.25) is 0 Å². The lowest BCUT2D eigenvalue weighted by molar-refractivity contribution is -0.411. The van der Waals surface area contributed by atoms with Crippen molar-refractivity contribution in [2.45, 2.75) is 18.8 Å². The van der Waals surface area contributed by atoms with Crippen LogP contribution in [0.2, 0.25) is 0 Å². The van der Waals surface area contributed by atoms with Gasteiger partial charge in [0.25, 0.3) is 0 Å². The second kappa shape index (κ2) is 5.57. The van der Waals surface area contributed by atoms with Crippen molar-refractivity contribution >= 4 is 5.97 Å². The standard InChI is InChI=1S/C10H6F6O4/c11-8(20-10(14,15)16)9(12,13)19-6-3-1-5(2-4-6)7(17)18/h1-4,8H,(H,17,18). The Morgan fingerprint density at radius 3 is 2.00 bits per heavy atom. The average molecular weight is 304 g/mol. The number of carboxylic acid groups (broad SMARTS) is 1. The normalized spacial score (nSPS) is 13.9. The maximum atomic E-state index is 13.0. The van der Waals surface area contributed by atoms with Crippen molar-refractivity contribution in [1.29, 1.82) is 0 Å². The van der Waals surface area contributed by atoms with Gasteiger partial charge in [0.05, 0.1) is 5.56 Å². The molecule has 0 aliphatic carbocycles. The third kappa shape index (κ3) is 4.61. The summed E-state index contributed by atoms with van der Waals surface area (Å²) in [6.07, 6.45) is -14.6. The highest BCUT2D eigenvalue weighted by molar-refractivity contribution is 5.87. The van der Waals surface area contributed by atoms with Crippen LogP contribution < -0.4 is 4.74 Å². The number of halogens is 6. The van der Waals surface area contributed by atoms with Crippen LogP contribution in [0.25, 0.3) is 0 Å². The molecule has 0 spiro atoms. The highest BCUT2D eigenvalue weighted by atomic mass is 19.4. The molecule has 1 aromatic rings. The maximum absolute atomic E-state index is 13.0. The molecular weight excluding hydrogens is 298 g/mol. The van der Waals surface area contributed by atoms with Gasteiger partial charge in [-0.15, -0.1) is 13.2 Å². The zero-order valence-corrected chi connectivity index (χ0v) is 9.33. The number of rotatable bonds is 5. The van der Waals surface area contributed by atoms with E-state index in [0.29, 0.717) is 0 Å². The number of carbonyl (C=O) groups is 1. The second-order valence-electron chi connectivity index (χ2n) is 3.37. The van der Waals surface area contributed by atoms with Gasteiger partial charge in [0, 0.05) is 0 Å². The van der Waals surface area contributed by atoms with Crippen molar-refractivity contribution in [2.75, 3.05) is 0 Å². The molecule has 0 saturated heterocycles. The van der Waals surface area contributed by atoms with Gasteiger partial charge in [0.15, 0.2) is 0 Å². The zero-order valence-electron chi connectivity index (χ0n) is 9.33. The summed E-state index contributed by atoms with van der Waals surface area (Å²) in [6.45, 7) is 0. The highest BCUT2D eigenvalue weighted by Crippen LogP contribution is 2.31. The molecular formula is C10H6F6O4. The Balaban J connectivity index is 2.77. The third-order valence-corrected chi connectivity index (χ3v) is 1.86. The van der Waals surface area contributed by atoms with Crippen LogP contribution in [0.3, 0.4) is 0 Å². The van der Waals surface area contributed by atoms with E-state index in [9.17, 15) is 31.1 Å². The van der Waals surface area contributed by atoms with E-state index in [-0.39, 0.29) is 5.56 Å². The molecule has 1 atom stereocenters. The number of hydrogen-bond acceptors (Lipinski definition) is 3. The highest BCUT2D eigenvalue weighted by Gasteiger charge is 2.50. The monoisotopic (exact) mass is 304 g/mol. The van der Waals surface area contributed by atoms with E-state index in [1.807, 2.05) is 0 Å². The van der Waals surface area contributed by atoms with E-state index in [1.165, 1.54) is 0 Å². The molecule has 0 saturated carbocycles. The fourth-order valence-corrected chi connectivity index (χ4v) is 1.05. The number of hydrogen-bond donors (Lipinski definition) is 1. The number of ether oxygens (including phenoxy) is 2. The molecule has 0 aromatic heterocycles. The summed E-state index contributed by atoms with van der Waals surface area (Å²) in [5, 5.41) is 8.53. The number of carboxylic acids is 1. The minimum absolute atomic E-state index is 0.274. The Morgan fingerprint density at radius 2 is 1.60 bits per heavy atom. The summed E-state index contributed by atoms with van der Waals surface area (Å²) < 4.78 is 79.6. The third-order valence-electron chi connectivity index (χ3n) is 1.86. The van der Waals surface area contributed by atoms with Gasteiger partial charge in [0.2, 0.25) is 0 Å². The van der Waals surface area contributed by atoms with Crippen LogP contribution in [0.5, 0.6) is 5.75 Å². The predicted octanol–water partition coefficient (Wildman–Crippen LogP) is 3.19. The Labute approximate surface area is 107 Å². The quantitative estimate of drug-likeness (QED) is 0.849. The lowest BCUT2D eigenvalue weighted by atomic mass is 10.2. The van der Waals surface area contributed by atoms with Crippen LogP contribution in [-0.4, -0.2) is 29.9 Å². The molecule has 10 heteroatoms. The molecule has 1 N–H and O–H groups in total. The maximum Gasteiger partial charge on any atom is 0.525 e. The van der Waals surface area contributed by atoms with E-state index in [0.717, 1.165) is 24.3 Å². The van der Waals surface area contributed by atoms with Crippen LogP contribution in [0.15, 0.2) is 24.3 Å². The van der Waals surface area contributed by atoms with Gasteiger partial charge in [-0.25, -0.2) is 13.9 Å². The van der Waals surface area contributed by atoms with Crippen molar-refractivity contribution in [1.82, 2.24) is 0 Å². The van der Waals surface area contributed by atoms with E-state index in [1.54, 1.807) is 0 Å². The van der Waals surface area contributed by atoms with E-state index in [2.05, 4.69) is 9.47 Å². The summed E-state index contributed by atoms with van der Waals surface area (Å²) in [5.41, 5.74) is -0.274. The van der Waals surface area contributed by atoms with Gasteiger partial charge in [-0.1, -0.05) is 0 Å². The lowest BCUT2D eigenvalue weighted by Gasteiger charge is -2.22. The number of aromatic carboxylic acids is 1. The van der Waals surface area contributed by atoms with Gasteiger partial charge in [-0.05, 0) is 24.3 Å². The topological polar surface area (TPSA) is 55.8 Å². The molecule has 20 heavy (non-hydrogen) atoms. The zero-order chi connectivity index (χ0) is 15.6. The molecule has 0 heterocycles. The minimum Gasteiger partial charge on any atom is -0.478 e. The molecule has 1 unspecified atom stereocenters. The van der Waals surface area contributed by atoms with Crippen LogP contribution in [0.1, 0.15) is 10.4 Å². The first-order valence-corrected chi connectivity index (χ1v) is 4.80. The number of benzene rings is 1. The molecule has 0 fully saturated rings. The molecule has 112 valence electrons. The van der Waals surface area contributed by atoms with E-state index < -0.39 is 30.5 Å². The summed E-state index contributed by atoms with van der Waals surface area (Å²) in [6, 6.07) is 3.17. The summed E-state index contributed by atoms with van der Waals surface area (Å²) in [7, 11) is 0. The van der Waals surface area contributed by atoms with Crippen molar-refractivity contribution < 1.29 is 45.7 Å². The molecule has 1 aromatic carbocycles. The van der Waals surface area contributed by atoms with Crippen molar-refractivity contribution in [3.63, 3.8) is 0 Å². The molecule has 0 amide bonds. The Kier molecular flexibility index (Phi) is 4.48. The van der Waals surface area contributed by atoms with Crippen LogP contribution >= 0.6 is 0 Å². The SMILES string of the molecule is O=C(O)c1ccc(OC(F)(F)C(F)OC(F)(F)F)cc1. The Hall–Kier alpha value is -1.97. The van der Waals surface area contributed by atoms with Crippen molar-refractivity contribution in [2.24, 2.45) is 0 Å². The first-order chi connectivity index (χ1) is 9.01. The van der Waals surface area contributed by atoms with Crippen LogP contribution in [0.4, 0.5) is 26.3 Å². The van der Waals surface area contributed by atoms with Gasteiger partial charge in [0.1, 0.15) is 5.75 Å². The van der Waals surface area contributed by atoms with Gasteiger partial charge >= 0.3 is 24.8 Å². The molecule has 0 radical (unpaired) electrons. The smallest absolute Gasteiger partial charge is 0.478 e. The van der Waals surface area contributed by atoms with Crippen molar-refractivity contribution in [3.05, 3.63) is 29.8 Å². The molecule has 0 aliphatic heterocycles. The first-order valence-electron chi connectivity index (χ1n) is 4.80. The fraction of sp³-hybridized carbons (Fsp3) is 0.300. The Morgan fingerprint density at radius 1 is 1.10 bits per heavy atom. The van der Waals surface area contributed by atoms with Gasteiger partial charge in [-0.2, -0.15) is 8.78 Å². The molecule has 0 aliphatic rings. The summed E-state index contributed by atoms with van der Waals surface area (Å²) in [5.74, 6) is -2.08. The Bertz CT molecular complexity index is 470. The molecule has 0 bridgehead atoms. The van der Waals surface area contributed by atoms with Crippen LogP contribution in [-0.2, 0) is 4.74 Å². The number of alkyl halides is 6. The second-order valence-corrected chi connectivity index (χ2v) is 3.37. The largest absolute Gasteiger partial charge is 0.525 e. The van der Waals surface area contributed by atoms with Crippen molar-refractivity contribution in [3.8, 4) is 5.75 Å². The van der Waals surface area contributed by atoms with Gasteiger partial charge < -0.3 is 9.84 Å². The molecule has 4 nitrogen and oxygen atoms in total.